The molecule has 1 N–H and O–H groups in total. The highest BCUT2D eigenvalue weighted by Gasteiger charge is 2.24. The predicted molar refractivity (Wildman–Crippen MR) is 101 cm³/mol. The fourth-order valence-electron chi connectivity index (χ4n) is 3.62. The number of aromatic nitrogens is 4. The second kappa shape index (κ2) is 7.25. The van der Waals surface area contributed by atoms with E-state index in [0.29, 0.717) is 5.92 Å². The van der Waals surface area contributed by atoms with Crippen LogP contribution in [0.3, 0.4) is 0 Å². The van der Waals surface area contributed by atoms with Crippen molar-refractivity contribution in [2.75, 3.05) is 18.0 Å². The van der Waals surface area contributed by atoms with Gasteiger partial charge >= 0.3 is 0 Å². The van der Waals surface area contributed by atoms with Crippen molar-refractivity contribution in [2.24, 2.45) is 13.0 Å². The third kappa shape index (κ3) is 3.46. The van der Waals surface area contributed by atoms with Gasteiger partial charge in [-0.05, 0) is 42.0 Å². The van der Waals surface area contributed by atoms with E-state index in [1.165, 1.54) is 5.56 Å². The predicted octanol–water partition coefficient (Wildman–Crippen LogP) is 2.44. The van der Waals surface area contributed by atoms with Gasteiger partial charge in [0, 0.05) is 32.5 Å². The van der Waals surface area contributed by atoms with Crippen LogP contribution in [-0.4, -0.2) is 37.9 Å². The third-order valence-electron chi connectivity index (χ3n) is 5.01. The van der Waals surface area contributed by atoms with Crippen LogP contribution in [0.5, 0.6) is 0 Å². The molecule has 1 saturated heterocycles. The summed E-state index contributed by atoms with van der Waals surface area (Å²) in [5.74, 6) is 2.35. The van der Waals surface area contributed by atoms with Gasteiger partial charge in [0.25, 0.3) is 0 Å². The van der Waals surface area contributed by atoms with Gasteiger partial charge in [-0.2, -0.15) is 0 Å². The molecule has 26 heavy (non-hydrogen) atoms. The van der Waals surface area contributed by atoms with Crippen LogP contribution in [0.4, 0.5) is 5.82 Å². The quantitative estimate of drug-likeness (QED) is 0.766. The normalized spacial score (nSPS) is 17.0. The van der Waals surface area contributed by atoms with Crippen molar-refractivity contribution in [2.45, 2.75) is 19.4 Å². The standard InChI is InChI=1S/C20H23N5O/c1-24-10-8-21-20(24)18-5-6-19(23-22-18)25-9-7-16(13-25)11-15-3-2-4-17(12-15)14-26/h2-6,8,10,12,16,26H,7,9,11,13-14H2,1H3. The van der Waals surface area contributed by atoms with E-state index in [1.54, 1.807) is 6.20 Å². The topological polar surface area (TPSA) is 67.1 Å². The summed E-state index contributed by atoms with van der Waals surface area (Å²) in [6.45, 7) is 2.09. The van der Waals surface area contributed by atoms with E-state index in [9.17, 15) is 5.11 Å². The fourth-order valence-corrected chi connectivity index (χ4v) is 3.62. The maximum Gasteiger partial charge on any atom is 0.160 e. The summed E-state index contributed by atoms with van der Waals surface area (Å²) in [7, 11) is 1.95. The number of aliphatic hydroxyl groups is 1. The van der Waals surface area contributed by atoms with Crippen LogP contribution >= 0.6 is 0 Å². The Kier molecular flexibility index (Phi) is 4.67. The number of imidazole rings is 1. The Balaban J connectivity index is 1.41. The van der Waals surface area contributed by atoms with Gasteiger partial charge in [0.1, 0.15) is 5.69 Å². The first-order chi connectivity index (χ1) is 12.7. The molecule has 1 fully saturated rings. The summed E-state index contributed by atoms with van der Waals surface area (Å²) in [5, 5.41) is 18.1. The van der Waals surface area contributed by atoms with E-state index in [2.05, 4.69) is 32.2 Å². The van der Waals surface area contributed by atoms with Crippen LogP contribution in [0.2, 0.25) is 0 Å². The van der Waals surface area contributed by atoms with Gasteiger partial charge in [0.2, 0.25) is 0 Å². The zero-order chi connectivity index (χ0) is 17.9. The van der Waals surface area contributed by atoms with Crippen LogP contribution in [0.15, 0.2) is 48.8 Å². The molecule has 1 aliphatic heterocycles. The van der Waals surface area contributed by atoms with Crippen LogP contribution in [0.25, 0.3) is 11.5 Å². The van der Waals surface area contributed by atoms with Gasteiger partial charge in [-0.3, -0.25) is 0 Å². The van der Waals surface area contributed by atoms with Crippen molar-refractivity contribution in [3.05, 3.63) is 59.9 Å². The average Bonchev–Trinajstić information content (AvgIpc) is 3.31. The largest absolute Gasteiger partial charge is 0.392 e. The molecule has 0 radical (unpaired) electrons. The van der Waals surface area contributed by atoms with E-state index in [4.69, 9.17) is 0 Å². The highest BCUT2D eigenvalue weighted by atomic mass is 16.3. The number of anilines is 1. The molecule has 0 saturated carbocycles. The summed E-state index contributed by atoms with van der Waals surface area (Å²) in [4.78, 5) is 6.62. The molecule has 3 aromatic rings. The molecule has 3 heterocycles. The summed E-state index contributed by atoms with van der Waals surface area (Å²) in [6.07, 6.45) is 5.85. The molecule has 0 bridgehead atoms. The van der Waals surface area contributed by atoms with Gasteiger partial charge in [-0.15, -0.1) is 10.2 Å². The number of hydrogen-bond donors (Lipinski definition) is 1. The van der Waals surface area contributed by atoms with Crippen molar-refractivity contribution in [1.82, 2.24) is 19.7 Å². The van der Waals surface area contributed by atoms with Crippen LogP contribution in [0, 0.1) is 5.92 Å². The van der Waals surface area contributed by atoms with Gasteiger partial charge in [0.15, 0.2) is 11.6 Å². The molecular formula is C20H23N5O. The van der Waals surface area contributed by atoms with Gasteiger partial charge in [-0.25, -0.2) is 4.98 Å². The van der Waals surface area contributed by atoms with Crippen molar-refractivity contribution in [3.63, 3.8) is 0 Å². The minimum Gasteiger partial charge on any atom is -0.392 e. The van der Waals surface area contributed by atoms with Crippen molar-refractivity contribution in [1.29, 1.82) is 0 Å². The molecule has 1 atom stereocenters. The van der Waals surface area contributed by atoms with Gasteiger partial charge < -0.3 is 14.6 Å². The Hall–Kier alpha value is -2.73. The molecule has 6 heteroatoms. The Morgan fingerprint density at radius 2 is 2.04 bits per heavy atom. The highest BCUT2D eigenvalue weighted by Crippen LogP contribution is 2.25. The lowest BCUT2D eigenvalue weighted by atomic mass is 9.97. The number of aliphatic hydroxyl groups excluding tert-OH is 1. The van der Waals surface area contributed by atoms with Crippen molar-refractivity contribution >= 4 is 5.82 Å². The number of rotatable bonds is 5. The first-order valence-corrected chi connectivity index (χ1v) is 8.98. The van der Waals surface area contributed by atoms with Crippen LogP contribution < -0.4 is 4.90 Å². The maximum atomic E-state index is 9.29. The summed E-state index contributed by atoms with van der Waals surface area (Å²) in [6, 6.07) is 12.3. The number of nitrogens with zero attached hydrogens (tertiary/aromatic N) is 5. The minimum absolute atomic E-state index is 0.0998. The second-order valence-electron chi connectivity index (χ2n) is 6.92. The van der Waals surface area contributed by atoms with Crippen LogP contribution in [-0.2, 0) is 20.1 Å². The molecule has 0 amide bonds. The van der Waals surface area contributed by atoms with E-state index in [0.717, 1.165) is 48.8 Å². The Labute approximate surface area is 153 Å². The van der Waals surface area contributed by atoms with Crippen molar-refractivity contribution < 1.29 is 5.11 Å². The average molecular weight is 349 g/mol. The molecule has 2 aromatic heterocycles. The van der Waals surface area contributed by atoms with Gasteiger partial charge in [-0.1, -0.05) is 24.3 Å². The first-order valence-electron chi connectivity index (χ1n) is 8.98. The van der Waals surface area contributed by atoms with E-state index >= 15 is 0 Å². The lowest BCUT2D eigenvalue weighted by molar-refractivity contribution is 0.281. The zero-order valence-electron chi connectivity index (χ0n) is 14.9. The smallest absolute Gasteiger partial charge is 0.160 e. The maximum absolute atomic E-state index is 9.29. The molecule has 134 valence electrons. The number of benzene rings is 1. The van der Waals surface area contributed by atoms with E-state index in [-0.39, 0.29) is 6.61 Å². The Bertz CT molecular complexity index is 874. The molecule has 1 aliphatic rings. The lowest BCUT2D eigenvalue weighted by Crippen LogP contribution is -2.21. The molecule has 4 rings (SSSR count). The van der Waals surface area contributed by atoms with Gasteiger partial charge in [0.05, 0.1) is 6.61 Å². The monoisotopic (exact) mass is 349 g/mol. The summed E-state index contributed by atoms with van der Waals surface area (Å²) < 4.78 is 1.94. The van der Waals surface area contributed by atoms with E-state index in [1.807, 2.05) is 42.1 Å². The summed E-state index contributed by atoms with van der Waals surface area (Å²) in [5.41, 5.74) is 3.06. The number of aryl methyl sites for hydroxylation is 1. The van der Waals surface area contributed by atoms with Crippen molar-refractivity contribution in [3.8, 4) is 11.5 Å². The van der Waals surface area contributed by atoms with Crippen LogP contribution in [0.1, 0.15) is 17.5 Å². The molecule has 1 aromatic carbocycles. The molecule has 0 aliphatic carbocycles. The number of hydrogen-bond acceptors (Lipinski definition) is 5. The fraction of sp³-hybridized carbons (Fsp3) is 0.350. The second-order valence-corrected chi connectivity index (χ2v) is 6.92. The highest BCUT2D eigenvalue weighted by molar-refractivity contribution is 5.52. The summed E-state index contributed by atoms with van der Waals surface area (Å²) >= 11 is 0. The lowest BCUT2D eigenvalue weighted by Gasteiger charge is -2.17. The Morgan fingerprint density at radius 1 is 1.15 bits per heavy atom. The van der Waals surface area contributed by atoms with E-state index < -0.39 is 0 Å². The zero-order valence-corrected chi connectivity index (χ0v) is 14.9. The minimum atomic E-state index is 0.0998. The molecular weight excluding hydrogens is 326 g/mol. The SMILES string of the molecule is Cn1ccnc1-c1ccc(N2CCC(Cc3cccc(CO)c3)C2)nn1. The third-order valence-corrected chi connectivity index (χ3v) is 5.01. The molecule has 0 spiro atoms. The Morgan fingerprint density at radius 3 is 2.77 bits per heavy atom. The first kappa shape index (κ1) is 16.7. The molecule has 6 nitrogen and oxygen atoms in total. The molecule has 1 unspecified atom stereocenters.